The SMILES string of the molecule is COc1ccccc1CCC(=O)NCc1ccccc1NC(=O)CC#N. The highest BCUT2D eigenvalue weighted by atomic mass is 16.5. The van der Waals surface area contributed by atoms with Crippen molar-refractivity contribution in [2.45, 2.75) is 25.8 Å². The second kappa shape index (κ2) is 9.84. The first-order valence-corrected chi connectivity index (χ1v) is 8.27. The molecule has 0 fully saturated rings. The molecule has 0 atom stereocenters. The van der Waals surface area contributed by atoms with Crippen molar-refractivity contribution < 1.29 is 14.3 Å². The van der Waals surface area contributed by atoms with Crippen LogP contribution in [0.15, 0.2) is 48.5 Å². The minimum atomic E-state index is -0.373. The lowest BCUT2D eigenvalue weighted by Gasteiger charge is -2.12. The number of aryl methyl sites for hydroxylation is 1. The number of para-hydroxylation sites is 2. The Bertz CT molecular complexity index is 812. The summed E-state index contributed by atoms with van der Waals surface area (Å²) in [5.41, 5.74) is 2.36. The van der Waals surface area contributed by atoms with E-state index in [1.807, 2.05) is 42.5 Å². The Morgan fingerprint density at radius 1 is 1.04 bits per heavy atom. The van der Waals surface area contributed by atoms with Gasteiger partial charge in [-0.25, -0.2) is 0 Å². The molecule has 0 aliphatic rings. The molecular formula is C20H21N3O3. The number of anilines is 1. The zero-order valence-corrected chi connectivity index (χ0v) is 14.6. The summed E-state index contributed by atoms with van der Waals surface area (Å²) in [6.45, 7) is 0.299. The molecule has 0 saturated heterocycles. The number of benzene rings is 2. The van der Waals surface area contributed by atoms with Gasteiger partial charge in [-0.3, -0.25) is 9.59 Å². The second-order valence-corrected chi connectivity index (χ2v) is 5.63. The molecule has 2 amide bonds. The van der Waals surface area contributed by atoms with Crippen LogP contribution in [0.25, 0.3) is 0 Å². The highest BCUT2D eigenvalue weighted by Crippen LogP contribution is 2.19. The van der Waals surface area contributed by atoms with Crippen molar-refractivity contribution in [3.8, 4) is 11.8 Å². The van der Waals surface area contributed by atoms with E-state index in [9.17, 15) is 9.59 Å². The van der Waals surface area contributed by atoms with Crippen LogP contribution in [0, 0.1) is 11.3 Å². The van der Waals surface area contributed by atoms with E-state index in [2.05, 4.69) is 10.6 Å². The van der Waals surface area contributed by atoms with Crippen molar-refractivity contribution in [2.24, 2.45) is 0 Å². The average Bonchev–Trinajstić information content (AvgIpc) is 2.66. The van der Waals surface area contributed by atoms with E-state index in [1.165, 1.54) is 0 Å². The summed E-state index contributed by atoms with van der Waals surface area (Å²) in [6, 6.07) is 16.6. The molecule has 0 aliphatic carbocycles. The van der Waals surface area contributed by atoms with E-state index in [-0.39, 0.29) is 18.2 Å². The third kappa shape index (κ3) is 5.64. The molecule has 134 valence electrons. The van der Waals surface area contributed by atoms with Gasteiger partial charge in [-0.15, -0.1) is 0 Å². The molecule has 0 aliphatic heterocycles. The topological polar surface area (TPSA) is 91.2 Å². The molecule has 2 aromatic carbocycles. The van der Waals surface area contributed by atoms with Crippen LogP contribution >= 0.6 is 0 Å². The van der Waals surface area contributed by atoms with E-state index in [1.54, 1.807) is 19.2 Å². The van der Waals surface area contributed by atoms with Gasteiger partial charge in [0.15, 0.2) is 0 Å². The molecule has 0 heterocycles. The number of carbonyl (C=O) groups is 2. The summed E-state index contributed by atoms with van der Waals surface area (Å²) in [5, 5.41) is 14.1. The maximum atomic E-state index is 12.1. The molecule has 0 aromatic heterocycles. The van der Waals surface area contributed by atoms with Crippen LogP contribution in [0.5, 0.6) is 5.75 Å². The van der Waals surface area contributed by atoms with Gasteiger partial charge in [-0.05, 0) is 29.7 Å². The number of nitriles is 1. The summed E-state index contributed by atoms with van der Waals surface area (Å²) in [6.07, 6.45) is 0.708. The number of carbonyl (C=O) groups excluding carboxylic acids is 2. The normalized spacial score (nSPS) is 9.85. The number of hydrogen-bond donors (Lipinski definition) is 2. The smallest absolute Gasteiger partial charge is 0.238 e. The van der Waals surface area contributed by atoms with Crippen LogP contribution in [-0.2, 0) is 22.6 Å². The van der Waals surface area contributed by atoms with Gasteiger partial charge in [0.05, 0.1) is 13.2 Å². The van der Waals surface area contributed by atoms with Gasteiger partial charge in [-0.1, -0.05) is 36.4 Å². The fraction of sp³-hybridized carbons (Fsp3) is 0.250. The molecular weight excluding hydrogens is 330 g/mol. The molecule has 6 nitrogen and oxygen atoms in total. The molecule has 2 rings (SSSR count). The fourth-order valence-electron chi connectivity index (χ4n) is 2.50. The highest BCUT2D eigenvalue weighted by Gasteiger charge is 2.09. The molecule has 0 spiro atoms. The maximum Gasteiger partial charge on any atom is 0.238 e. The fourth-order valence-corrected chi connectivity index (χ4v) is 2.50. The third-order valence-electron chi connectivity index (χ3n) is 3.82. The zero-order chi connectivity index (χ0) is 18.8. The Kier molecular flexibility index (Phi) is 7.19. The molecule has 2 N–H and O–H groups in total. The Labute approximate surface area is 152 Å². The van der Waals surface area contributed by atoms with Crippen molar-refractivity contribution >= 4 is 17.5 Å². The van der Waals surface area contributed by atoms with Gasteiger partial charge < -0.3 is 15.4 Å². The summed E-state index contributed by atoms with van der Waals surface area (Å²) in [5.74, 6) is 0.308. The van der Waals surface area contributed by atoms with Crippen molar-refractivity contribution in [3.05, 3.63) is 59.7 Å². The van der Waals surface area contributed by atoms with Gasteiger partial charge in [0.2, 0.25) is 11.8 Å². The van der Waals surface area contributed by atoms with E-state index < -0.39 is 0 Å². The Morgan fingerprint density at radius 2 is 1.73 bits per heavy atom. The van der Waals surface area contributed by atoms with Crippen molar-refractivity contribution in [1.82, 2.24) is 5.32 Å². The highest BCUT2D eigenvalue weighted by molar-refractivity contribution is 5.92. The largest absolute Gasteiger partial charge is 0.496 e. The summed E-state index contributed by atoms with van der Waals surface area (Å²) in [7, 11) is 1.61. The van der Waals surface area contributed by atoms with Gasteiger partial charge >= 0.3 is 0 Å². The number of ether oxygens (including phenoxy) is 1. The number of nitrogens with zero attached hydrogens (tertiary/aromatic N) is 1. The summed E-state index contributed by atoms with van der Waals surface area (Å²) < 4.78 is 5.28. The van der Waals surface area contributed by atoms with Crippen LogP contribution in [0.3, 0.4) is 0 Å². The van der Waals surface area contributed by atoms with Gasteiger partial charge in [-0.2, -0.15) is 5.26 Å². The lowest BCUT2D eigenvalue weighted by atomic mass is 10.1. The third-order valence-corrected chi connectivity index (χ3v) is 3.82. The van der Waals surface area contributed by atoms with Crippen molar-refractivity contribution in [2.75, 3.05) is 12.4 Å². The standard InChI is InChI=1S/C20H21N3O3/c1-26-18-9-5-3-6-15(18)10-11-19(24)22-14-16-7-2-4-8-17(16)23-20(25)12-13-21/h2-9H,10-12,14H2,1H3,(H,22,24)(H,23,25). The number of nitrogens with one attached hydrogen (secondary N) is 2. The summed E-state index contributed by atoms with van der Waals surface area (Å²) in [4.78, 5) is 23.7. The lowest BCUT2D eigenvalue weighted by molar-refractivity contribution is -0.121. The van der Waals surface area contributed by atoms with Gasteiger partial charge in [0.1, 0.15) is 12.2 Å². The molecule has 0 saturated carbocycles. The Hall–Kier alpha value is -3.33. The van der Waals surface area contributed by atoms with E-state index >= 15 is 0 Å². The van der Waals surface area contributed by atoms with Crippen LogP contribution in [0.1, 0.15) is 24.0 Å². The molecule has 0 unspecified atom stereocenters. The zero-order valence-electron chi connectivity index (χ0n) is 14.6. The number of methoxy groups -OCH3 is 1. The average molecular weight is 351 g/mol. The predicted molar refractivity (Wildman–Crippen MR) is 98.5 cm³/mol. The van der Waals surface area contributed by atoms with Gasteiger partial charge in [0.25, 0.3) is 0 Å². The Balaban J connectivity index is 1.89. The van der Waals surface area contributed by atoms with E-state index in [4.69, 9.17) is 10.00 Å². The number of amides is 2. The molecule has 2 aromatic rings. The van der Waals surface area contributed by atoms with E-state index in [0.717, 1.165) is 16.9 Å². The quantitative estimate of drug-likeness (QED) is 0.765. The first kappa shape index (κ1) is 19.0. The second-order valence-electron chi connectivity index (χ2n) is 5.63. The van der Waals surface area contributed by atoms with Crippen LogP contribution < -0.4 is 15.4 Å². The van der Waals surface area contributed by atoms with E-state index in [0.29, 0.717) is 25.1 Å². The maximum absolute atomic E-state index is 12.1. The first-order valence-electron chi connectivity index (χ1n) is 8.27. The van der Waals surface area contributed by atoms with Crippen molar-refractivity contribution in [3.63, 3.8) is 0 Å². The minimum absolute atomic E-state index is 0.0888. The lowest BCUT2D eigenvalue weighted by Crippen LogP contribution is -2.24. The van der Waals surface area contributed by atoms with Crippen molar-refractivity contribution in [1.29, 1.82) is 5.26 Å². The van der Waals surface area contributed by atoms with Crippen LogP contribution in [-0.4, -0.2) is 18.9 Å². The van der Waals surface area contributed by atoms with Crippen LogP contribution in [0.4, 0.5) is 5.69 Å². The number of rotatable bonds is 8. The molecule has 0 radical (unpaired) electrons. The van der Waals surface area contributed by atoms with Gasteiger partial charge in [0, 0.05) is 18.7 Å². The molecule has 26 heavy (non-hydrogen) atoms. The molecule has 6 heteroatoms. The predicted octanol–water partition coefficient (Wildman–Crippen LogP) is 2.80. The van der Waals surface area contributed by atoms with Crippen LogP contribution in [0.2, 0.25) is 0 Å². The first-order chi connectivity index (χ1) is 12.6. The summed E-state index contributed by atoms with van der Waals surface area (Å²) >= 11 is 0. The number of hydrogen-bond acceptors (Lipinski definition) is 4. The molecule has 0 bridgehead atoms. The minimum Gasteiger partial charge on any atom is -0.496 e. The Morgan fingerprint density at radius 3 is 2.46 bits per heavy atom. The monoisotopic (exact) mass is 351 g/mol.